The summed E-state index contributed by atoms with van der Waals surface area (Å²) in [7, 11) is 3.79. The van der Waals surface area contributed by atoms with E-state index in [1.807, 2.05) is 49.2 Å². The van der Waals surface area contributed by atoms with Gasteiger partial charge in [0.15, 0.2) is 5.96 Å². The second-order valence-electron chi connectivity index (χ2n) is 6.16. The summed E-state index contributed by atoms with van der Waals surface area (Å²) in [6, 6.07) is 7.87. The first-order valence-electron chi connectivity index (χ1n) is 8.48. The number of rotatable bonds is 5. The average molecular weight is 534 g/mol. The first-order valence-corrected chi connectivity index (χ1v) is 9.27. The molecular formula is C18H25BrIN5O. The van der Waals surface area contributed by atoms with Crippen LogP contribution >= 0.6 is 39.9 Å². The van der Waals surface area contributed by atoms with Crippen molar-refractivity contribution in [1.82, 2.24) is 20.0 Å². The van der Waals surface area contributed by atoms with Crippen molar-refractivity contribution in [1.29, 1.82) is 0 Å². The summed E-state index contributed by atoms with van der Waals surface area (Å²) in [5, 5.41) is 7.67. The highest BCUT2D eigenvalue weighted by Crippen LogP contribution is 2.26. The van der Waals surface area contributed by atoms with Crippen LogP contribution in [-0.4, -0.2) is 53.9 Å². The third-order valence-electron chi connectivity index (χ3n) is 4.35. The van der Waals surface area contributed by atoms with Crippen molar-refractivity contribution in [2.75, 3.05) is 33.3 Å². The summed E-state index contributed by atoms with van der Waals surface area (Å²) < 4.78 is 8.65. The SMILES string of the molecule is CN=C(NCCOc1cccc(Br)c1)N1CCC(c2cnn(C)c2)C1.I. The Balaban J connectivity index is 0.00000243. The van der Waals surface area contributed by atoms with E-state index in [1.54, 1.807) is 0 Å². The molecule has 1 N–H and O–H groups in total. The normalized spacial score (nSPS) is 17.1. The van der Waals surface area contributed by atoms with E-state index in [2.05, 4.69) is 42.4 Å². The first-order chi connectivity index (χ1) is 12.2. The molecule has 1 unspecified atom stereocenters. The van der Waals surface area contributed by atoms with Crippen LogP contribution in [0.5, 0.6) is 5.75 Å². The number of likely N-dealkylation sites (tertiary alicyclic amines) is 1. The fourth-order valence-corrected chi connectivity index (χ4v) is 3.47. The molecule has 0 spiro atoms. The molecule has 0 bridgehead atoms. The van der Waals surface area contributed by atoms with E-state index < -0.39 is 0 Å². The van der Waals surface area contributed by atoms with E-state index >= 15 is 0 Å². The maximum Gasteiger partial charge on any atom is 0.193 e. The summed E-state index contributed by atoms with van der Waals surface area (Å²) >= 11 is 3.45. The van der Waals surface area contributed by atoms with E-state index in [-0.39, 0.29) is 24.0 Å². The maximum atomic E-state index is 5.76. The van der Waals surface area contributed by atoms with Gasteiger partial charge in [0.25, 0.3) is 0 Å². The molecule has 1 aliphatic rings. The summed E-state index contributed by atoms with van der Waals surface area (Å²) in [5.41, 5.74) is 1.30. The van der Waals surface area contributed by atoms with E-state index in [4.69, 9.17) is 4.74 Å². The molecule has 8 heteroatoms. The Labute approximate surface area is 180 Å². The van der Waals surface area contributed by atoms with Gasteiger partial charge in [-0.3, -0.25) is 9.67 Å². The molecule has 0 aliphatic carbocycles. The standard InChI is InChI=1S/C18H24BrN5O.HI/c1-20-18(21-7-9-25-17-5-3-4-16(19)10-17)24-8-6-14(13-24)15-11-22-23(2)12-15;/h3-5,10-12,14H,6-9,13H2,1-2H3,(H,20,21);1H. The zero-order chi connectivity index (χ0) is 17.6. The number of nitrogens with zero attached hydrogens (tertiary/aromatic N) is 4. The molecule has 1 aromatic heterocycles. The second kappa shape index (κ2) is 10.1. The van der Waals surface area contributed by atoms with Crippen molar-refractivity contribution in [2.24, 2.45) is 12.0 Å². The van der Waals surface area contributed by atoms with Crippen LogP contribution in [0.2, 0.25) is 0 Å². The maximum absolute atomic E-state index is 5.76. The van der Waals surface area contributed by atoms with Gasteiger partial charge < -0.3 is 15.0 Å². The molecule has 142 valence electrons. The number of nitrogens with one attached hydrogen (secondary N) is 1. The Morgan fingerprint density at radius 3 is 3.00 bits per heavy atom. The van der Waals surface area contributed by atoms with Crippen LogP contribution in [0.15, 0.2) is 46.1 Å². The molecule has 26 heavy (non-hydrogen) atoms. The van der Waals surface area contributed by atoms with Crippen LogP contribution in [0.3, 0.4) is 0 Å². The Morgan fingerprint density at radius 1 is 1.46 bits per heavy atom. The molecule has 6 nitrogen and oxygen atoms in total. The van der Waals surface area contributed by atoms with E-state index in [0.29, 0.717) is 19.1 Å². The van der Waals surface area contributed by atoms with Crippen molar-refractivity contribution in [3.8, 4) is 5.75 Å². The van der Waals surface area contributed by atoms with Gasteiger partial charge in [-0.05, 0) is 30.2 Å². The van der Waals surface area contributed by atoms with Crippen LogP contribution in [0.1, 0.15) is 17.9 Å². The highest BCUT2D eigenvalue weighted by molar-refractivity contribution is 14.0. The molecule has 1 fully saturated rings. The van der Waals surface area contributed by atoms with Crippen molar-refractivity contribution < 1.29 is 4.74 Å². The lowest BCUT2D eigenvalue weighted by Crippen LogP contribution is -2.41. The molecule has 2 aromatic rings. The summed E-state index contributed by atoms with van der Waals surface area (Å²) in [6.07, 6.45) is 5.20. The van der Waals surface area contributed by atoms with Crippen molar-refractivity contribution in [3.63, 3.8) is 0 Å². The monoisotopic (exact) mass is 533 g/mol. The topological polar surface area (TPSA) is 54.7 Å². The number of aryl methyl sites for hydroxylation is 1. The fourth-order valence-electron chi connectivity index (χ4n) is 3.10. The highest BCUT2D eigenvalue weighted by Gasteiger charge is 2.26. The number of aliphatic imine (C=N–C) groups is 1. The molecule has 2 heterocycles. The Hall–Kier alpha value is -1.29. The van der Waals surface area contributed by atoms with Gasteiger partial charge in [0.1, 0.15) is 12.4 Å². The Bertz CT molecular complexity index is 736. The number of hydrogen-bond donors (Lipinski definition) is 1. The number of aromatic nitrogens is 2. The molecule has 0 radical (unpaired) electrons. The van der Waals surface area contributed by atoms with E-state index in [1.165, 1.54) is 5.56 Å². The van der Waals surface area contributed by atoms with Gasteiger partial charge in [0, 0.05) is 43.8 Å². The quantitative estimate of drug-likeness (QED) is 0.277. The molecule has 0 amide bonds. The minimum absolute atomic E-state index is 0. The number of hydrogen-bond acceptors (Lipinski definition) is 3. The number of benzene rings is 1. The number of halogens is 2. The first kappa shape index (κ1) is 21.0. The van der Waals surface area contributed by atoms with Gasteiger partial charge in [-0.25, -0.2) is 0 Å². The van der Waals surface area contributed by atoms with E-state index in [9.17, 15) is 0 Å². The van der Waals surface area contributed by atoms with Gasteiger partial charge >= 0.3 is 0 Å². The van der Waals surface area contributed by atoms with Gasteiger partial charge in [0.2, 0.25) is 0 Å². The molecule has 1 saturated heterocycles. The van der Waals surface area contributed by atoms with Gasteiger partial charge in [-0.1, -0.05) is 22.0 Å². The minimum atomic E-state index is 0. The smallest absolute Gasteiger partial charge is 0.193 e. The third-order valence-corrected chi connectivity index (χ3v) is 4.84. The number of guanidine groups is 1. The predicted molar refractivity (Wildman–Crippen MR) is 119 cm³/mol. The van der Waals surface area contributed by atoms with Crippen molar-refractivity contribution in [3.05, 3.63) is 46.7 Å². The predicted octanol–water partition coefficient (Wildman–Crippen LogP) is 3.24. The summed E-state index contributed by atoms with van der Waals surface area (Å²) in [5.74, 6) is 2.32. The number of ether oxygens (including phenoxy) is 1. The van der Waals surface area contributed by atoms with Crippen LogP contribution < -0.4 is 10.1 Å². The van der Waals surface area contributed by atoms with Gasteiger partial charge in [-0.15, -0.1) is 24.0 Å². The van der Waals surface area contributed by atoms with Gasteiger partial charge in [-0.2, -0.15) is 5.10 Å². The van der Waals surface area contributed by atoms with E-state index in [0.717, 1.165) is 35.7 Å². The molecule has 3 rings (SSSR count). The lowest BCUT2D eigenvalue weighted by molar-refractivity contribution is 0.319. The zero-order valence-electron chi connectivity index (χ0n) is 15.1. The van der Waals surface area contributed by atoms with Crippen LogP contribution in [0.25, 0.3) is 0 Å². The van der Waals surface area contributed by atoms with Crippen LogP contribution in [0.4, 0.5) is 0 Å². The highest BCUT2D eigenvalue weighted by atomic mass is 127. The molecule has 0 saturated carbocycles. The Morgan fingerprint density at radius 2 is 2.31 bits per heavy atom. The fraction of sp³-hybridized carbons (Fsp3) is 0.444. The average Bonchev–Trinajstić information content (AvgIpc) is 3.24. The Kier molecular flexibility index (Phi) is 8.20. The molecule has 1 aliphatic heterocycles. The lowest BCUT2D eigenvalue weighted by Gasteiger charge is -2.21. The lowest BCUT2D eigenvalue weighted by atomic mass is 10.0. The molecule has 1 atom stereocenters. The van der Waals surface area contributed by atoms with Crippen LogP contribution in [-0.2, 0) is 7.05 Å². The third kappa shape index (κ3) is 5.60. The summed E-state index contributed by atoms with van der Waals surface area (Å²) in [6.45, 7) is 3.28. The van der Waals surface area contributed by atoms with Crippen LogP contribution in [0, 0.1) is 0 Å². The molecule has 1 aromatic carbocycles. The summed E-state index contributed by atoms with van der Waals surface area (Å²) in [4.78, 5) is 6.71. The van der Waals surface area contributed by atoms with Gasteiger partial charge in [0.05, 0.1) is 12.7 Å². The zero-order valence-corrected chi connectivity index (χ0v) is 19.0. The second-order valence-corrected chi connectivity index (χ2v) is 7.07. The van der Waals surface area contributed by atoms with Crippen molar-refractivity contribution in [2.45, 2.75) is 12.3 Å². The van der Waals surface area contributed by atoms with Crippen molar-refractivity contribution >= 4 is 45.9 Å². The largest absolute Gasteiger partial charge is 0.492 e. The minimum Gasteiger partial charge on any atom is -0.492 e. The molecular weight excluding hydrogens is 509 g/mol.